The minimum Gasteiger partial charge on any atom is -0.367 e. The van der Waals surface area contributed by atoms with Crippen molar-refractivity contribution < 1.29 is 13.2 Å². The molecular formula is C23H18ClF3N4. The number of aromatic nitrogens is 3. The van der Waals surface area contributed by atoms with E-state index in [2.05, 4.69) is 20.3 Å². The van der Waals surface area contributed by atoms with E-state index in [1.165, 1.54) is 18.6 Å². The van der Waals surface area contributed by atoms with Gasteiger partial charge in [-0.3, -0.25) is 4.98 Å². The number of nitrogens with zero attached hydrogens (tertiary/aromatic N) is 3. The van der Waals surface area contributed by atoms with Crippen molar-refractivity contribution in [3.63, 3.8) is 0 Å². The summed E-state index contributed by atoms with van der Waals surface area (Å²) in [6.07, 6.45) is -0.996. The number of hydrogen-bond acceptors (Lipinski definition) is 4. The van der Waals surface area contributed by atoms with Crippen LogP contribution in [0.3, 0.4) is 0 Å². The minimum absolute atomic E-state index is 0.0616. The Hall–Kier alpha value is -3.19. The molecule has 0 aliphatic heterocycles. The number of halogens is 4. The highest BCUT2D eigenvalue weighted by atomic mass is 35.5. The van der Waals surface area contributed by atoms with E-state index in [0.29, 0.717) is 21.9 Å². The average molecular weight is 443 g/mol. The second kappa shape index (κ2) is 8.51. The molecule has 0 saturated heterocycles. The van der Waals surface area contributed by atoms with Crippen LogP contribution in [0.4, 0.5) is 19.0 Å². The molecule has 0 aliphatic carbocycles. The third kappa shape index (κ3) is 4.77. The molecule has 2 aromatic heterocycles. The van der Waals surface area contributed by atoms with E-state index in [9.17, 15) is 13.2 Å². The lowest BCUT2D eigenvalue weighted by atomic mass is 10.0. The summed E-state index contributed by atoms with van der Waals surface area (Å²) in [4.78, 5) is 12.5. The summed E-state index contributed by atoms with van der Waals surface area (Å²) in [7, 11) is 0. The van der Waals surface area contributed by atoms with Gasteiger partial charge in [0.15, 0.2) is 0 Å². The van der Waals surface area contributed by atoms with Gasteiger partial charge in [-0.05, 0) is 55.3 Å². The monoisotopic (exact) mass is 442 g/mol. The fourth-order valence-corrected chi connectivity index (χ4v) is 3.57. The number of hydrogen-bond donors (Lipinski definition) is 1. The molecule has 2 heterocycles. The minimum atomic E-state index is -4.49. The van der Waals surface area contributed by atoms with Crippen LogP contribution in [0.5, 0.6) is 0 Å². The van der Waals surface area contributed by atoms with Crippen LogP contribution in [0.25, 0.3) is 22.2 Å². The Bertz CT molecular complexity index is 1210. The molecule has 0 aliphatic rings. The maximum atomic E-state index is 13.4. The van der Waals surface area contributed by atoms with Crippen LogP contribution >= 0.6 is 11.6 Å². The summed E-state index contributed by atoms with van der Waals surface area (Å²) < 4.78 is 40.1. The number of nitrogens with one attached hydrogen (secondary N) is 1. The average Bonchev–Trinajstić information content (AvgIpc) is 2.74. The van der Waals surface area contributed by atoms with Crippen molar-refractivity contribution in [1.82, 2.24) is 15.0 Å². The lowest BCUT2D eigenvalue weighted by Crippen LogP contribution is -2.19. The van der Waals surface area contributed by atoms with E-state index >= 15 is 0 Å². The second-order valence-electron chi connectivity index (χ2n) is 7.23. The molecule has 4 aromatic rings. The van der Waals surface area contributed by atoms with Gasteiger partial charge < -0.3 is 5.32 Å². The summed E-state index contributed by atoms with van der Waals surface area (Å²) in [5, 5.41) is 4.77. The van der Waals surface area contributed by atoms with Gasteiger partial charge in [-0.2, -0.15) is 13.2 Å². The molecule has 31 heavy (non-hydrogen) atoms. The number of fused-ring (bicyclic) bond motifs is 1. The predicted molar refractivity (Wildman–Crippen MR) is 116 cm³/mol. The zero-order valence-electron chi connectivity index (χ0n) is 16.5. The van der Waals surface area contributed by atoms with Crippen LogP contribution in [-0.2, 0) is 12.6 Å². The summed E-state index contributed by atoms with van der Waals surface area (Å²) in [6, 6.07) is 14.9. The highest BCUT2D eigenvalue weighted by Crippen LogP contribution is 2.36. The first kappa shape index (κ1) is 21.1. The SMILES string of the molecule is CC(Cc1ccc(Cl)cc1)Nc1ncnc2cc(-c3ncccc3C(F)(F)F)ccc12. The zero-order valence-corrected chi connectivity index (χ0v) is 17.2. The molecule has 1 unspecified atom stereocenters. The van der Waals surface area contributed by atoms with Gasteiger partial charge in [0.25, 0.3) is 0 Å². The molecule has 0 fully saturated rings. The topological polar surface area (TPSA) is 50.7 Å². The Balaban J connectivity index is 1.63. The Kier molecular flexibility index (Phi) is 5.78. The second-order valence-corrected chi connectivity index (χ2v) is 7.66. The van der Waals surface area contributed by atoms with Gasteiger partial charge in [0.1, 0.15) is 12.1 Å². The van der Waals surface area contributed by atoms with Gasteiger partial charge >= 0.3 is 6.18 Å². The first-order chi connectivity index (χ1) is 14.8. The third-order valence-corrected chi connectivity index (χ3v) is 5.11. The summed E-state index contributed by atoms with van der Waals surface area (Å²) >= 11 is 5.94. The highest BCUT2D eigenvalue weighted by molar-refractivity contribution is 6.30. The van der Waals surface area contributed by atoms with E-state index < -0.39 is 11.7 Å². The predicted octanol–water partition coefficient (Wildman–Crippen LogP) is 6.41. The molecule has 0 bridgehead atoms. The van der Waals surface area contributed by atoms with Crippen molar-refractivity contribution in [3.8, 4) is 11.3 Å². The number of benzene rings is 2. The summed E-state index contributed by atoms with van der Waals surface area (Å²) in [5.41, 5.74) is 1.10. The van der Waals surface area contributed by atoms with E-state index in [0.717, 1.165) is 23.4 Å². The van der Waals surface area contributed by atoms with Gasteiger partial charge in [0, 0.05) is 28.2 Å². The van der Waals surface area contributed by atoms with E-state index in [1.807, 2.05) is 31.2 Å². The van der Waals surface area contributed by atoms with Gasteiger partial charge in [0.05, 0.1) is 16.8 Å². The van der Waals surface area contributed by atoms with Gasteiger partial charge in [-0.25, -0.2) is 9.97 Å². The Morgan fingerprint density at radius 1 is 1.00 bits per heavy atom. The van der Waals surface area contributed by atoms with Crippen molar-refractivity contribution in [2.45, 2.75) is 25.6 Å². The number of alkyl halides is 3. The number of anilines is 1. The van der Waals surface area contributed by atoms with Crippen molar-refractivity contribution >= 4 is 28.3 Å². The maximum Gasteiger partial charge on any atom is 0.418 e. The molecule has 158 valence electrons. The van der Waals surface area contributed by atoms with Crippen LogP contribution < -0.4 is 5.32 Å². The lowest BCUT2D eigenvalue weighted by Gasteiger charge is -2.16. The fraction of sp³-hybridized carbons (Fsp3) is 0.174. The molecule has 2 aromatic carbocycles. The summed E-state index contributed by atoms with van der Waals surface area (Å²) in [6.45, 7) is 2.03. The fourth-order valence-electron chi connectivity index (χ4n) is 3.44. The van der Waals surface area contributed by atoms with E-state index in [4.69, 9.17) is 11.6 Å². The Labute approximate surface area is 182 Å². The first-order valence-electron chi connectivity index (χ1n) is 9.59. The molecule has 0 spiro atoms. The van der Waals surface area contributed by atoms with Crippen LogP contribution in [0.15, 0.2) is 67.1 Å². The summed E-state index contributed by atoms with van der Waals surface area (Å²) in [5.74, 6) is 0.620. The van der Waals surface area contributed by atoms with Gasteiger partial charge in [-0.1, -0.05) is 29.8 Å². The lowest BCUT2D eigenvalue weighted by molar-refractivity contribution is -0.137. The molecule has 0 radical (unpaired) electrons. The highest BCUT2D eigenvalue weighted by Gasteiger charge is 2.34. The Morgan fingerprint density at radius 2 is 1.77 bits per heavy atom. The zero-order chi connectivity index (χ0) is 22.0. The molecule has 4 rings (SSSR count). The molecular weight excluding hydrogens is 425 g/mol. The standard InChI is InChI=1S/C23H18ClF3N4/c1-14(11-15-4-7-17(24)8-5-15)31-22-18-9-6-16(12-20(18)29-13-30-22)21-19(23(25,26)27)3-2-10-28-21/h2-10,12-14H,11H2,1H3,(H,29,30,31). The van der Waals surface area contributed by atoms with Crippen molar-refractivity contribution in [1.29, 1.82) is 0 Å². The Morgan fingerprint density at radius 3 is 2.52 bits per heavy atom. The molecule has 1 N–H and O–H groups in total. The molecule has 8 heteroatoms. The normalized spacial score (nSPS) is 12.7. The largest absolute Gasteiger partial charge is 0.418 e. The van der Waals surface area contributed by atoms with Crippen LogP contribution in [0.1, 0.15) is 18.1 Å². The van der Waals surface area contributed by atoms with Gasteiger partial charge in [-0.15, -0.1) is 0 Å². The first-order valence-corrected chi connectivity index (χ1v) is 9.97. The van der Waals surface area contributed by atoms with Crippen LogP contribution in [-0.4, -0.2) is 21.0 Å². The smallest absolute Gasteiger partial charge is 0.367 e. The van der Waals surface area contributed by atoms with Crippen LogP contribution in [0, 0.1) is 0 Å². The molecule has 0 amide bonds. The molecule has 4 nitrogen and oxygen atoms in total. The van der Waals surface area contributed by atoms with Crippen molar-refractivity contribution in [2.24, 2.45) is 0 Å². The van der Waals surface area contributed by atoms with Crippen LogP contribution in [0.2, 0.25) is 5.02 Å². The number of pyridine rings is 1. The maximum absolute atomic E-state index is 13.4. The molecule has 0 saturated carbocycles. The molecule has 1 atom stereocenters. The number of rotatable bonds is 5. The quantitative estimate of drug-likeness (QED) is 0.388. The van der Waals surface area contributed by atoms with Gasteiger partial charge in [0.2, 0.25) is 0 Å². The van der Waals surface area contributed by atoms with Crippen molar-refractivity contribution in [3.05, 3.63) is 83.3 Å². The third-order valence-electron chi connectivity index (χ3n) is 4.86. The van der Waals surface area contributed by atoms with Crippen molar-refractivity contribution in [2.75, 3.05) is 5.32 Å². The van der Waals surface area contributed by atoms with E-state index in [-0.39, 0.29) is 11.7 Å². The van der Waals surface area contributed by atoms with E-state index in [1.54, 1.807) is 18.2 Å².